The molecule has 0 atom stereocenters. The van der Waals surface area contributed by atoms with Crippen LogP contribution in [0.2, 0.25) is 0 Å². The summed E-state index contributed by atoms with van der Waals surface area (Å²) in [4.78, 5) is 21.7. The van der Waals surface area contributed by atoms with Crippen LogP contribution in [-0.4, -0.2) is 32.6 Å². The molecule has 28 heavy (non-hydrogen) atoms. The Bertz CT molecular complexity index is 1040. The molecule has 0 aliphatic heterocycles. The lowest BCUT2D eigenvalue weighted by Gasteiger charge is -2.22. The molecule has 7 nitrogen and oxygen atoms in total. The number of amides is 1. The van der Waals surface area contributed by atoms with E-state index in [1.165, 1.54) is 29.1 Å². The Morgan fingerprint density at radius 3 is 2.79 bits per heavy atom. The molecule has 2 heterocycles. The van der Waals surface area contributed by atoms with Gasteiger partial charge in [0, 0.05) is 9.77 Å². The fourth-order valence-corrected chi connectivity index (χ4v) is 2.83. The monoisotopic (exact) mass is 502 g/mol. The normalized spacial score (nSPS) is 11.6. The second-order valence-electron chi connectivity index (χ2n) is 6.61. The van der Waals surface area contributed by atoms with Crippen LogP contribution in [0, 0.1) is 15.2 Å². The van der Waals surface area contributed by atoms with E-state index in [9.17, 15) is 18.7 Å². The average Bonchev–Trinajstić information content (AvgIpc) is 3.10. The number of rotatable bonds is 6. The van der Waals surface area contributed by atoms with Gasteiger partial charge in [0.05, 0.1) is 36.0 Å². The molecule has 0 aliphatic carbocycles. The third kappa shape index (κ3) is 4.23. The van der Waals surface area contributed by atoms with Gasteiger partial charge >= 0.3 is 0 Å². The van der Waals surface area contributed by atoms with E-state index < -0.39 is 23.1 Å². The predicted octanol–water partition coefficient (Wildman–Crippen LogP) is 3.39. The number of carbonyl (C=O) groups excluding carboxylic acids is 1. The maximum Gasteiger partial charge on any atom is 0.280 e. The number of halogens is 3. The maximum absolute atomic E-state index is 14.7. The Hall–Kier alpha value is -2.31. The van der Waals surface area contributed by atoms with Crippen LogP contribution in [0.25, 0.3) is 5.52 Å². The number of hydrogen-bond acceptors (Lipinski definition) is 5. The maximum atomic E-state index is 14.7. The summed E-state index contributed by atoms with van der Waals surface area (Å²) >= 11 is 1.97. The van der Waals surface area contributed by atoms with Crippen LogP contribution < -0.4 is 10.8 Å². The van der Waals surface area contributed by atoms with Gasteiger partial charge in [-0.25, -0.2) is 19.2 Å². The Balaban J connectivity index is 2.05. The minimum Gasteiger partial charge on any atom is -0.393 e. The first-order valence-corrected chi connectivity index (χ1v) is 9.25. The van der Waals surface area contributed by atoms with Crippen molar-refractivity contribution in [2.24, 2.45) is 0 Å². The van der Waals surface area contributed by atoms with Crippen LogP contribution in [-0.2, 0) is 4.84 Å². The van der Waals surface area contributed by atoms with Crippen molar-refractivity contribution in [2.75, 3.05) is 11.9 Å². The molecule has 10 heteroatoms. The molecule has 0 unspecified atom stereocenters. The van der Waals surface area contributed by atoms with Crippen LogP contribution >= 0.6 is 22.6 Å². The highest BCUT2D eigenvalue weighted by molar-refractivity contribution is 14.1. The molecule has 0 saturated carbocycles. The van der Waals surface area contributed by atoms with Crippen molar-refractivity contribution in [2.45, 2.75) is 19.4 Å². The second kappa shape index (κ2) is 7.97. The highest BCUT2D eigenvalue weighted by atomic mass is 127. The summed E-state index contributed by atoms with van der Waals surface area (Å²) in [5.41, 5.74) is 1.16. The number of aliphatic hydroxyl groups is 1. The van der Waals surface area contributed by atoms with Crippen molar-refractivity contribution >= 4 is 45.4 Å². The van der Waals surface area contributed by atoms with Crippen molar-refractivity contribution in [3.05, 3.63) is 57.7 Å². The van der Waals surface area contributed by atoms with E-state index in [4.69, 9.17) is 4.84 Å². The molecule has 0 fully saturated rings. The standard InChI is InChI=1S/C18H17F2IN4O3/c1-18(2,8-26)28-24-17(27)15-12(20)7-25-9-22-6-14(25)16(15)23-13-4-3-10(21)5-11(13)19/h3-7,9,23,26H,8H2,1-2H3,(H,24,27). The van der Waals surface area contributed by atoms with Gasteiger partial charge in [0.2, 0.25) is 0 Å². The number of anilines is 2. The largest absolute Gasteiger partial charge is 0.393 e. The molecule has 3 aromatic rings. The Morgan fingerprint density at radius 1 is 1.36 bits per heavy atom. The van der Waals surface area contributed by atoms with Gasteiger partial charge in [-0.3, -0.25) is 9.63 Å². The first-order chi connectivity index (χ1) is 13.2. The van der Waals surface area contributed by atoms with Gasteiger partial charge in [-0.15, -0.1) is 0 Å². The van der Waals surface area contributed by atoms with Crippen LogP contribution in [0.1, 0.15) is 24.2 Å². The molecule has 0 radical (unpaired) electrons. The summed E-state index contributed by atoms with van der Waals surface area (Å²) < 4.78 is 31.1. The van der Waals surface area contributed by atoms with E-state index in [2.05, 4.69) is 15.8 Å². The van der Waals surface area contributed by atoms with Gasteiger partial charge in [-0.1, -0.05) is 0 Å². The van der Waals surface area contributed by atoms with Gasteiger partial charge < -0.3 is 14.8 Å². The number of fused-ring (bicyclic) bond motifs is 1. The number of nitrogens with one attached hydrogen (secondary N) is 2. The summed E-state index contributed by atoms with van der Waals surface area (Å²) in [6, 6.07) is 4.47. The molecule has 0 saturated heterocycles. The van der Waals surface area contributed by atoms with Crippen molar-refractivity contribution in [1.82, 2.24) is 14.9 Å². The lowest BCUT2D eigenvalue weighted by molar-refractivity contribution is -0.0957. The topological polar surface area (TPSA) is 87.9 Å². The fourth-order valence-electron chi connectivity index (χ4n) is 2.38. The lowest BCUT2D eigenvalue weighted by Crippen LogP contribution is -2.39. The Kier molecular flexibility index (Phi) is 5.82. The van der Waals surface area contributed by atoms with Gasteiger partial charge in [-0.2, -0.15) is 0 Å². The predicted molar refractivity (Wildman–Crippen MR) is 107 cm³/mol. The minimum absolute atomic E-state index is 0.0283. The number of carbonyl (C=O) groups is 1. The summed E-state index contributed by atoms with van der Waals surface area (Å²) in [5.74, 6) is -2.31. The van der Waals surface area contributed by atoms with Gasteiger partial charge in [0.15, 0.2) is 5.82 Å². The number of aliphatic hydroxyl groups excluding tert-OH is 1. The first kappa shape index (κ1) is 20.4. The average molecular weight is 502 g/mol. The summed E-state index contributed by atoms with van der Waals surface area (Å²) in [5, 5.41) is 12.0. The SMILES string of the molecule is CC(C)(CO)ONC(=O)c1c(F)cn2cncc2c1Nc1ccc(I)cc1F. The second-order valence-corrected chi connectivity index (χ2v) is 7.86. The summed E-state index contributed by atoms with van der Waals surface area (Å²) in [6.45, 7) is 2.73. The number of nitrogens with zero attached hydrogens (tertiary/aromatic N) is 2. The molecule has 148 valence electrons. The molecule has 0 bridgehead atoms. The van der Waals surface area contributed by atoms with Crippen molar-refractivity contribution in [3.8, 4) is 0 Å². The number of hydroxylamine groups is 1. The Morgan fingerprint density at radius 2 is 2.11 bits per heavy atom. The van der Waals surface area contributed by atoms with Crippen LogP contribution in [0.4, 0.5) is 20.2 Å². The first-order valence-electron chi connectivity index (χ1n) is 8.17. The molecule has 0 aliphatic rings. The zero-order valence-corrected chi connectivity index (χ0v) is 17.1. The molecule has 0 spiro atoms. The number of aromatic nitrogens is 2. The van der Waals surface area contributed by atoms with Gasteiger partial charge in [0.25, 0.3) is 5.91 Å². The van der Waals surface area contributed by atoms with Crippen LogP contribution in [0.3, 0.4) is 0 Å². The number of benzene rings is 1. The van der Waals surface area contributed by atoms with Crippen LogP contribution in [0.15, 0.2) is 36.9 Å². The quantitative estimate of drug-likeness (QED) is 0.356. The van der Waals surface area contributed by atoms with E-state index in [0.29, 0.717) is 9.09 Å². The summed E-state index contributed by atoms with van der Waals surface area (Å²) in [7, 11) is 0. The zero-order chi connectivity index (χ0) is 20.5. The molecular formula is C18H17F2IN4O3. The molecule has 1 amide bonds. The minimum atomic E-state index is -1.07. The van der Waals surface area contributed by atoms with Crippen molar-refractivity contribution in [3.63, 3.8) is 0 Å². The van der Waals surface area contributed by atoms with E-state index in [1.807, 2.05) is 22.6 Å². The van der Waals surface area contributed by atoms with E-state index >= 15 is 0 Å². The number of hydrogen-bond donors (Lipinski definition) is 3. The molecule has 1 aromatic carbocycles. The number of imidazole rings is 1. The number of pyridine rings is 1. The van der Waals surface area contributed by atoms with E-state index in [1.54, 1.807) is 19.9 Å². The van der Waals surface area contributed by atoms with Crippen LogP contribution in [0.5, 0.6) is 0 Å². The third-order valence-corrected chi connectivity index (χ3v) is 4.55. The smallest absolute Gasteiger partial charge is 0.280 e. The van der Waals surface area contributed by atoms with E-state index in [0.717, 1.165) is 6.20 Å². The highest BCUT2D eigenvalue weighted by Crippen LogP contribution is 2.30. The zero-order valence-electron chi connectivity index (χ0n) is 15.0. The molecule has 3 N–H and O–H groups in total. The van der Waals surface area contributed by atoms with Gasteiger partial charge in [0.1, 0.15) is 17.0 Å². The highest BCUT2D eigenvalue weighted by Gasteiger charge is 2.25. The van der Waals surface area contributed by atoms with Gasteiger partial charge in [-0.05, 0) is 54.6 Å². The third-order valence-electron chi connectivity index (χ3n) is 3.88. The Labute approximate surface area is 172 Å². The molecule has 2 aromatic heterocycles. The lowest BCUT2D eigenvalue weighted by atomic mass is 10.1. The van der Waals surface area contributed by atoms with E-state index in [-0.39, 0.29) is 23.5 Å². The molecular weight excluding hydrogens is 485 g/mol. The summed E-state index contributed by atoms with van der Waals surface area (Å²) in [6.07, 6.45) is 3.87. The molecule has 3 rings (SSSR count). The van der Waals surface area contributed by atoms with Crippen molar-refractivity contribution < 1.29 is 23.5 Å². The van der Waals surface area contributed by atoms with Crippen molar-refractivity contribution in [1.29, 1.82) is 0 Å². The fraction of sp³-hybridized carbons (Fsp3) is 0.222.